The average molecular weight is 523 g/mol. The fourth-order valence-corrected chi connectivity index (χ4v) is 4.45. The minimum absolute atomic E-state index is 0.0328. The molecule has 1 aliphatic carbocycles. The molecule has 0 spiro atoms. The quantitative estimate of drug-likeness (QED) is 0.217. The van der Waals surface area contributed by atoms with Crippen molar-refractivity contribution in [2.24, 2.45) is 0 Å². The van der Waals surface area contributed by atoms with E-state index < -0.39 is 11.5 Å². The first kappa shape index (κ1) is 29.6. The van der Waals surface area contributed by atoms with Crippen LogP contribution in [-0.4, -0.2) is 49.1 Å². The molecule has 0 aliphatic heterocycles. The van der Waals surface area contributed by atoms with Crippen molar-refractivity contribution in [3.05, 3.63) is 51.2 Å². The third-order valence-electron chi connectivity index (χ3n) is 6.08. The number of aromatic nitrogens is 2. The van der Waals surface area contributed by atoms with E-state index in [1.807, 2.05) is 25.3 Å². The Hall–Kier alpha value is -2.58. The molecule has 0 amide bonds. The van der Waals surface area contributed by atoms with Crippen LogP contribution in [0.3, 0.4) is 0 Å². The lowest BCUT2D eigenvalue weighted by molar-refractivity contribution is 0.0520. The minimum atomic E-state index is -0.610. The Balaban J connectivity index is 0.00000222. The second-order valence-corrected chi connectivity index (χ2v) is 8.84. The number of esters is 1. The molecule has 0 saturated heterocycles. The van der Waals surface area contributed by atoms with Crippen molar-refractivity contribution in [3.63, 3.8) is 0 Å². The maximum absolute atomic E-state index is 12.3. The molecule has 200 valence electrons. The molecule has 0 aromatic carbocycles. The zero-order chi connectivity index (χ0) is 26.6. The van der Waals surface area contributed by atoms with Crippen molar-refractivity contribution >= 4 is 17.6 Å². The van der Waals surface area contributed by atoms with Gasteiger partial charge in [0.2, 0.25) is 0 Å². The van der Waals surface area contributed by atoms with Gasteiger partial charge in [-0.2, -0.15) is 0 Å². The molecule has 1 aliphatic rings. The van der Waals surface area contributed by atoms with E-state index in [4.69, 9.17) is 30.5 Å². The van der Waals surface area contributed by atoms with Crippen molar-refractivity contribution in [1.82, 2.24) is 9.55 Å². The number of rotatable bonds is 11. The summed E-state index contributed by atoms with van der Waals surface area (Å²) in [5, 5.41) is 0.286. The van der Waals surface area contributed by atoms with Crippen LogP contribution in [-0.2, 0) is 15.0 Å². The Morgan fingerprint density at radius 2 is 1.86 bits per heavy atom. The average Bonchev–Trinajstić information content (AvgIpc) is 2.89. The first-order valence-corrected chi connectivity index (χ1v) is 13.1. The van der Waals surface area contributed by atoms with Crippen molar-refractivity contribution in [2.75, 3.05) is 33.5 Å². The molecule has 0 N–H and O–H groups in total. The molecule has 9 heteroatoms. The lowest BCUT2D eigenvalue weighted by atomic mass is 9.81. The molecule has 36 heavy (non-hydrogen) atoms. The number of carbonyl (C=O) groups is 1. The van der Waals surface area contributed by atoms with Gasteiger partial charge in [-0.25, -0.2) is 9.78 Å². The van der Waals surface area contributed by atoms with Crippen LogP contribution in [0, 0.1) is 6.92 Å². The number of halogens is 1. The highest BCUT2D eigenvalue weighted by Gasteiger charge is 2.35. The van der Waals surface area contributed by atoms with Gasteiger partial charge in [-0.15, -0.1) is 0 Å². The van der Waals surface area contributed by atoms with Gasteiger partial charge in [0, 0.05) is 44.7 Å². The van der Waals surface area contributed by atoms with Gasteiger partial charge in [-0.05, 0) is 26.7 Å². The Labute approximate surface area is 218 Å². The van der Waals surface area contributed by atoms with Crippen LogP contribution in [0.2, 0.25) is 5.15 Å². The van der Waals surface area contributed by atoms with Crippen LogP contribution in [0.4, 0.5) is 0 Å². The Bertz CT molecular complexity index is 1030. The SMILES string of the molecule is CC.CCOC(=O)c1cn(C2(COc3cc(OCCCOC)c(Cl)nc3C)CCCCC2)ccc1=O. The predicted molar refractivity (Wildman–Crippen MR) is 141 cm³/mol. The van der Waals surface area contributed by atoms with Crippen molar-refractivity contribution < 1.29 is 23.7 Å². The van der Waals surface area contributed by atoms with Gasteiger partial charge in [0.15, 0.2) is 16.3 Å². The van der Waals surface area contributed by atoms with Crippen molar-refractivity contribution in [2.45, 2.75) is 71.8 Å². The molecular weight excluding hydrogens is 484 g/mol. The molecule has 2 aromatic rings. The Morgan fingerprint density at radius 3 is 2.53 bits per heavy atom. The first-order chi connectivity index (χ1) is 17.4. The lowest BCUT2D eigenvalue weighted by Crippen LogP contribution is -2.42. The molecule has 0 unspecified atom stereocenters. The van der Waals surface area contributed by atoms with Crippen LogP contribution in [0.5, 0.6) is 11.5 Å². The van der Waals surface area contributed by atoms with E-state index in [0.717, 1.165) is 38.5 Å². The highest BCUT2D eigenvalue weighted by atomic mass is 35.5. The molecule has 1 fully saturated rings. The summed E-state index contributed by atoms with van der Waals surface area (Å²) in [5.74, 6) is 0.438. The number of hydrogen-bond donors (Lipinski definition) is 0. The monoisotopic (exact) mass is 522 g/mol. The van der Waals surface area contributed by atoms with Gasteiger partial charge in [0.1, 0.15) is 17.9 Å². The van der Waals surface area contributed by atoms with Gasteiger partial charge in [0.05, 0.1) is 24.4 Å². The molecular formula is C27H39ClN2O6. The molecule has 8 nitrogen and oxygen atoms in total. The largest absolute Gasteiger partial charge is 0.490 e. The fourth-order valence-electron chi connectivity index (χ4n) is 4.21. The molecule has 3 rings (SSSR count). The third kappa shape index (κ3) is 7.71. The van der Waals surface area contributed by atoms with E-state index in [1.165, 1.54) is 6.07 Å². The summed E-state index contributed by atoms with van der Waals surface area (Å²) in [4.78, 5) is 29.0. The molecule has 0 bridgehead atoms. The summed E-state index contributed by atoms with van der Waals surface area (Å²) in [6.45, 7) is 9.16. The summed E-state index contributed by atoms with van der Waals surface area (Å²) in [7, 11) is 1.64. The van der Waals surface area contributed by atoms with E-state index in [0.29, 0.717) is 37.0 Å². The minimum Gasteiger partial charge on any atom is -0.490 e. The number of pyridine rings is 2. The van der Waals surface area contributed by atoms with Crippen LogP contribution in [0.15, 0.2) is 29.3 Å². The van der Waals surface area contributed by atoms with Gasteiger partial charge >= 0.3 is 5.97 Å². The van der Waals surface area contributed by atoms with E-state index in [-0.39, 0.29) is 22.8 Å². The summed E-state index contributed by atoms with van der Waals surface area (Å²) in [6.07, 6.45) is 8.97. The van der Waals surface area contributed by atoms with Gasteiger partial charge in [-0.1, -0.05) is 44.7 Å². The normalized spacial score (nSPS) is 14.4. The number of ether oxygens (including phenoxy) is 4. The Morgan fingerprint density at radius 1 is 1.14 bits per heavy atom. The number of aryl methyl sites for hydroxylation is 1. The second-order valence-electron chi connectivity index (χ2n) is 8.48. The predicted octanol–water partition coefficient (Wildman–Crippen LogP) is 5.56. The van der Waals surface area contributed by atoms with Crippen molar-refractivity contribution in [3.8, 4) is 11.5 Å². The molecule has 0 atom stereocenters. The first-order valence-electron chi connectivity index (χ1n) is 12.7. The van der Waals surface area contributed by atoms with Crippen LogP contribution >= 0.6 is 11.6 Å². The van der Waals surface area contributed by atoms with Crippen molar-refractivity contribution in [1.29, 1.82) is 0 Å². The smallest absolute Gasteiger partial charge is 0.343 e. The van der Waals surface area contributed by atoms with E-state index in [2.05, 4.69) is 4.98 Å². The highest BCUT2D eigenvalue weighted by molar-refractivity contribution is 6.30. The maximum Gasteiger partial charge on any atom is 0.343 e. The summed E-state index contributed by atoms with van der Waals surface area (Å²) in [5.41, 5.74) is -0.0639. The zero-order valence-electron chi connectivity index (χ0n) is 22.1. The van der Waals surface area contributed by atoms with Gasteiger partial charge in [-0.3, -0.25) is 4.79 Å². The fraction of sp³-hybridized carbons (Fsp3) is 0.593. The molecule has 2 heterocycles. The zero-order valence-corrected chi connectivity index (χ0v) is 22.9. The lowest BCUT2D eigenvalue weighted by Gasteiger charge is -2.39. The van der Waals surface area contributed by atoms with E-state index in [1.54, 1.807) is 32.5 Å². The molecule has 0 radical (unpaired) electrons. The third-order valence-corrected chi connectivity index (χ3v) is 6.35. The molecule has 1 saturated carbocycles. The van der Waals surface area contributed by atoms with E-state index in [9.17, 15) is 9.59 Å². The molecule has 2 aromatic heterocycles. The van der Waals surface area contributed by atoms with Crippen LogP contribution in [0.25, 0.3) is 0 Å². The maximum atomic E-state index is 12.3. The number of hydrogen-bond acceptors (Lipinski definition) is 7. The van der Waals surface area contributed by atoms with Crippen LogP contribution < -0.4 is 14.9 Å². The van der Waals surface area contributed by atoms with Gasteiger partial charge in [0.25, 0.3) is 0 Å². The van der Waals surface area contributed by atoms with E-state index >= 15 is 0 Å². The summed E-state index contributed by atoms with van der Waals surface area (Å²) < 4.78 is 24.1. The number of nitrogens with zero attached hydrogens (tertiary/aromatic N) is 2. The van der Waals surface area contributed by atoms with Gasteiger partial charge < -0.3 is 23.5 Å². The topological polar surface area (TPSA) is 88.9 Å². The van der Waals surface area contributed by atoms with Crippen LogP contribution in [0.1, 0.15) is 75.3 Å². The second kappa shape index (κ2) is 14.9. The Kier molecular flexibility index (Phi) is 12.2. The summed E-state index contributed by atoms with van der Waals surface area (Å²) in [6, 6.07) is 3.19. The standard InChI is InChI=1S/C25H33ClN2O6.C2H6/c1-4-32-24(30)19-16-28(12-9-20(19)29)25(10-6-5-7-11-25)17-34-21-15-22(23(26)27-18(21)2)33-14-8-13-31-3;1-2/h9,12,15-16H,4-8,10-11,13-14,17H2,1-3H3;1-2H3. The highest BCUT2D eigenvalue weighted by Crippen LogP contribution is 2.37. The summed E-state index contributed by atoms with van der Waals surface area (Å²) >= 11 is 6.27. The number of carbonyl (C=O) groups excluding carboxylic acids is 1. The number of methoxy groups -OCH3 is 1.